The molecule has 6 heteroatoms. The molecule has 0 aliphatic heterocycles. The average Bonchev–Trinajstić information content (AvgIpc) is 3.08. The predicted molar refractivity (Wildman–Crippen MR) is 102 cm³/mol. The van der Waals surface area contributed by atoms with E-state index in [2.05, 4.69) is 37.5 Å². The molecule has 1 aromatic heterocycles. The maximum atomic E-state index is 9.36. The van der Waals surface area contributed by atoms with E-state index >= 15 is 0 Å². The van der Waals surface area contributed by atoms with Crippen LogP contribution in [0.25, 0.3) is 11.3 Å². The van der Waals surface area contributed by atoms with Crippen LogP contribution in [-0.2, 0) is 0 Å². The Balaban J connectivity index is 1.81. The third kappa shape index (κ3) is 3.88. The number of hydrazone groups is 1. The van der Waals surface area contributed by atoms with Gasteiger partial charge in [-0.15, -0.1) is 11.3 Å². The maximum absolute atomic E-state index is 9.36. The van der Waals surface area contributed by atoms with Gasteiger partial charge in [-0.05, 0) is 31.2 Å². The third-order valence-electron chi connectivity index (χ3n) is 3.30. The number of nitrogens with one attached hydrogen (secondary N) is 1. The Labute approximate surface area is 152 Å². The van der Waals surface area contributed by atoms with Gasteiger partial charge in [0.2, 0.25) is 0 Å². The van der Waals surface area contributed by atoms with E-state index in [0.717, 1.165) is 21.4 Å². The smallest absolute Gasteiger partial charge is 0.196 e. The van der Waals surface area contributed by atoms with E-state index in [1.165, 1.54) is 16.9 Å². The minimum atomic E-state index is 0.268. The van der Waals surface area contributed by atoms with Gasteiger partial charge in [0.15, 0.2) is 10.7 Å². The molecular weight excluding hydrogens is 384 g/mol. The molecular formula is C18H13BrN4S. The summed E-state index contributed by atoms with van der Waals surface area (Å²) in [6.07, 6.45) is 0. The topological polar surface area (TPSA) is 61.1 Å². The van der Waals surface area contributed by atoms with E-state index < -0.39 is 0 Å². The number of anilines is 1. The Morgan fingerprint density at radius 3 is 2.54 bits per heavy atom. The van der Waals surface area contributed by atoms with Gasteiger partial charge in [-0.25, -0.2) is 4.98 Å². The van der Waals surface area contributed by atoms with Crippen molar-refractivity contribution in [2.75, 3.05) is 5.43 Å². The van der Waals surface area contributed by atoms with Crippen LogP contribution >= 0.6 is 27.3 Å². The molecule has 0 saturated heterocycles. The Bertz CT molecular complexity index is 905. The lowest BCUT2D eigenvalue weighted by Crippen LogP contribution is -2.01. The van der Waals surface area contributed by atoms with E-state index in [1.807, 2.05) is 60.8 Å². The zero-order valence-electron chi connectivity index (χ0n) is 12.8. The molecule has 0 aliphatic carbocycles. The van der Waals surface area contributed by atoms with E-state index in [-0.39, 0.29) is 5.71 Å². The number of nitrogens with zero attached hydrogens (tertiary/aromatic N) is 3. The molecule has 1 N–H and O–H groups in total. The number of benzene rings is 2. The van der Waals surface area contributed by atoms with Crippen molar-refractivity contribution < 1.29 is 0 Å². The zero-order valence-corrected chi connectivity index (χ0v) is 15.2. The van der Waals surface area contributed by atoms with Crippen molar-refractivity contribution in [3.05, 3.63) is 69.0 Å². The molecule has 0 saturated carbocycles. The minimum Gasteiger partial charge on any atom is -0.277 e. The fraction of sp³-hybridized carbons (Fsp3) is 0.0556. The molecule has 2 aromatic carbocycles. The van der Waals surface area contributed by atoms with Crippen LogP contribution in [0.5, 0.6) is 0 Å². The number of thiazole rings is 1. The number of aryl methyl sites for hydroxylation is 1. The Morgan fingerprint density at radius 2 is 1.88 bits per heavy atom. The summed E-state index contributed by atoms with van der Waals surface area (Å²) in [4.78, 5) is 4.52. The Hall–Kier alpha value is -2.49. The van der Waals surface area contributed by atoms with E-state index in [1.54, 1.807) is 0 Å². The zero-order chi connectivity index (χ0) is 16.9. The van der Waals surface area contributed by atoms with E-state index in [9.17, 15) is 5.26 Å². The van der Waals surface area contributed by atoms with Crippen molar-refractivity contribution in [3.63, 3.8) is 0 Å². The van der Waals surface area contributed by atoms with Gasteiger partial charge in [0.25, 0.3) is 0 Å². The Kier molecular flexibility index (Phi) is 5.04. The molecule has 0 aliphatic rings. The molecule has 24 heavy (non-hydrogen) atoms. The molecule has 0 amide bonds. The second-order valence-electron chi connectivity index (χ2n) is 5.09. The van der Waals surface area contributed by atoms with Gasteiger partial charge >= 0.3 is 0 Å². The lowest BCUT2D eigenvalue weighted by molar-refractivity contribution is 1.30. The molecule has 0 spiro atoms. The molecule has 0 radical (unpaired) electrons. The van der Waals surface area contributed by atoms with Gasteiger partial charge in [0.1, 0.15) is 6.07 Å². The second-order valence-corrected chi connectivity index (χ2v) is 6.87. The SMILES string of the molecule is Cc1ccc(N/N=C(/C#N)c2nc(-c3ccc(Br)cc3)cs2)cc1. The fourth-order valence-electron chi connectivity index (χ4n) is 2.00. The molecule has 118 valence electrons. The van der Waals surface area contributed by atoms with Crippen LogP contribution in [-0.4, -0.2) is 10.7 Å². The van der Waals surface area contributed by atoms with Crippen LogP contribution in [0.3, 0.4) is 0 Å². The summed E-state index contributed by atoms with van der Waals surface area (Å²) >= 11 is 4.82. The lowest BCUT2D eigenvalue weighted by atomic mass is 10.2. The first-order valence-corrected chi connectivity index (χ1v) is 8.85. The van der Waals surface area contributed by atoms with Crippen molar-refractivity contribution in [2.45, 2.75) is 6.92 Å². The highest BCUT2D eigenvalue weighted by atomic mass is 79.9. The third-order valence-corrected chi connectivity index (χ3v) is 4.68. The van der Waals surface area contributed by atoms with E-state index in [4.69, 9.17) is 0 Å². The summed E-state index contributed by atoms with van der Waals surface area (Å²) in [5.74, 6) is 0. The maximum Gasteiger partial charge on any atom is 0.196 e. The van der Waals surface area contributed by atoms with Gasteiger partial charge in [0.05, 0.1) is 11.4 Å². The lowest BCUT2D eigenvalue weighted by Gasteiger charge is -2.01. The molecule has 0 atom stereocenters. The molecule has 4 nitrogen and oxygen atoms in total. The van der Waals surface area contributed by atoms with Crippen molar-refractivity contribution in [2.24, 2.45) is 5.10 Å². The summed E-state index contributed by atoms with van der Waals surface area (Å²) in [5, 5.41) is 16.1. The van der Waals surface area contributed by atoms with Crippen LogP contribution in [0.4, 0.5) is 5.69 Å². The number of rotatable bonds is 4. The second kappa shape index (κ2) is 7.39. The number of hydrogen-bond donors (Lipinski definition) is 1. The number of hydrogen-bond acceptors (Lipinski definition) is 5. The summed E-state index contributed by atoms with van der Waals surface area (Å²) < 4.78 is 1.02. The molecule has 0 unspecified atom stereocenters. The van der Waals surface area contributed by atoms with Gasteiger partial charge < -0.3 is 0 Å². The average molecular weight is 397 g/mol. The standard InChI is InChI=1S/C18H13BrN4S/c1-12-2-8-15(9-3-12)22-23-16(10-20)18-21-17(11-24-18)13-4-6-14(19)7-5-13/h2-9,11,22H,1H3/b23-16-. The van der Waals surface area contributed by atoms with Crippen LogP contribution in [0.1, 0.15) is 10.6 Å². The molecule has 3 aromatic rings. The van der Waals surface area contributed by atoms with Crippen molar-refractivity contribution in [3.8, 4) is 17.3 Å². The largest absolute Gasteiger partial charge is 0.277 e. The highest BCUT2D eigenvalue weighted by Gasteiger charge is 2.10. The van der Waals surface area contributed by atoms with Crippen molar-refractivity contribution in [1.82, 2.24) is 4.98 Å². The van der Waals surface area contributed by atoms with Crippen molar-refractivity contribution >= 4 is 38.7 Å². The quantitative estimate of drug-likeness (QED) is 0.485. The summed E-state index contributed by atoms with van der Waals surface area (Å²) in [7, 11) is 0. The molecule has 3 rings (SSSR count). The summed E-state index contributed by atoms with van der Waals surface area (Å²) in [6.45, 7) is 2.02. The first kappa shape index (κ1) is 16.4. The number of aromatic nitrogens is 1. The normalized spacial score (nSPS) is 11.1. The van der Waals surface area contributed by atoms with E-state index in [0.29, 0.717) is 5.01 Å². The monoisotopic (exact) mass is 396 g/mol. The number of nitriles is 1. The highest BCUT2D eigenvalue weighted by molar-refractivity contribution is 9.10. The first-order chi connectivity index (χ1) is 11.7. The van der Waals surface area contributed by atoms with Crippen LogP contribution in [0.2, 0.25) is 0 Å². The van der Waals surface area contributed by atoms with Gasteiger partial charge in [-0.1, -0.05) is 45.8 Å². The Morgan fingerprint density at radius 1 is 1.17 bits per heavy atom. The predicted octanol–water partition coefficient (Wildman–Crippen LogP) is 5.22. The number of halogens is 1. The molecule has 1 heterocycles. The van der Waals surface area contributed by atoms with Crippen LogP contribution in [0, 0.1) is 18.3 Å². The van der Waals surface area contributed by atoms with Crippen LogP contribution in [0.15, 0.2) is 63.5 Å². The van der Waals surface area contributed by atoms with Gasteiger partial charge in [-0.3, -0.25) is 5.43 Å². The minimum absolute atomic E-state index is 0.268. The van der Waals surface area contributed by atoms with Crippen molar-refractivity contribution in [1.29, 1.82) is 5.26 Å². The summed E-state index contributed by atoms with van der Waals surface area (Å²) in [6, 6.07) is 17.8. The van der Waals surface area contributed by atoms with Gasteiger partial charge in [0, 0.05) is 15.4 Å². The molecule has 0 fully saturated rings. The molecule has 0 bridgehead atoms. The van der Waals surface area contributed by atoms with Crippen LogP contribution < -0.4 is 5.43 Å². The fourth-order valence-corrected chi connectivity index (χ4v) is 3.04. The first-order valence-electron chi connectivity index (χ1n) is 7.18. The highest BCUT2D eigenvalue weighted by Crippen LogP contribution is 2.24. The summed E-state index contributed by atoms with van der Waals surface area (Å²) in [5.41, 5.74) is 7.01. The van der Waals surface area contributed by atoms with Gasteiger partial charge in [-0.2, -0.15) is 10.4 Å².